The van der Waals surface area contributed by atoms with Crippen LogP contribution in [0.15, 0.2) is 6.07 Å². The van der Waals surface area contributed by atoms with E-state index in [0.29, 0.717) is 24.4 Å². The zero-order chi connectivity index (χ0) is 19.9. The van der Waals surface area contributed by atoms with Crippen molar-refractivity contribution in [2.75, 3.05) is 46.7 Å². The molecule has 144 valence electrons. The van der Waals surface area contributed by atoms with Crippen LogP contribution in [0.3, 0.4) is 0 Å². The number of anilines is 1. The third-order valence-corrected chi connectivity index (χ3v) is 3.76. The number of carbonyl (C=O) groups is 3. The second-order valence-electron chi connectivity index (χ2n) is 6.42. The van der Waals surface area contributed by atoms with Crippen LogP contribution in [0.2, 0.25) is 0 Å². The van der Waals surface area contributed by atoms with Gasteiger partial charge in [-0.3, -0.25) is 9.59 Å². The van der Waals surface area contributed by atoms with Gasteiger partial charge in [-0.2, -0.15) is 0 Å². The van der Waals surface area contributed by atoms with Gasteiger partial charge in [-0.05, 0) is 12.5 Å². The first-order valence-corrected chi connectivity index (χ1v) is 8.48. The molecule has 0 N–H and O–H groups in total. The van der Waals surface area contributed by atoms with Gasteiger partial charge in [-0.1, -0.05) is 13.3 Å². The number of amides is 2. The molecular formula is C18H28N4O4. The Hall–Kier alpha value is -2.64. The van der Waals surface area contributed by atoms with Crippen LogP contribution < -0.4 is 4.90 Å². The van der Waals surface area contributed by atoms with E-state index in [9.17, 15) is 14.4 Å². The van der Waals surface area contributed by atoms with Crippen LogP contribution in [-0.4, -0.2) is 74.9 Å². The van der Waals surface area contributed by atoms with Crippen molar-refractivity contribution in [3.63, 3.8) is 0 Å². The molecule has 0 aliphatic rings. The molecule has 0 radical (unpaired) electrons. The summed E-state index contributed by atoms with van der Waals surface area (Å²) in [5, 5.41) is 0. The van der Waals surface area contributed by atoms with E-state index in [-0.39, 0.29) is 23.6 Å². The van der Waals surface area contributed by atoms with Crippen LogP contribution in [-0.2, 0) is 11.3 Å². The van der Waals surface area contributed by atoms with Crippen molar-refractivity contribution in [1.29, 1.82) is 0 Å². The molecule has 0 saturated heterocycles. The Morgan fingerprint density at radius 2 is 1.85 bits per heavy atom. The Kier molecular flexibility index (Phi) is 8.02. The Bertz CT molecular complexity index is 659. The van der Waals surface area contributed by atoms with Crippen LogP contribution in [0.5, 0.6) is 0 Å². The molecule has 8 heteroatoms. The van der Waals surface area contributed by atoms with Crippen LogP contribution in [0.4, 0.5) is 10.6 Å². The van der Waals surface area contributed by atoms with Crippen molar-refractivity contribution >= 4 is 24.1 Å². The highest BCUT2D eigenvalue weighted by atomic mass is 16.6. The SMILES string of the molecule is CCCCOC(=O)N(C)Cc1nc(N(C)C)cc(C(=O)N(C)C)c1C=O. The van der Waals surface area contributed by atoms with Crippen LogP contribution in [0.1, 0.15) is 46.2 Å². The molecule has 0 fully saturated rings. The second-order valence-corrected chi connectivity index (χ2v) is 6.42. The van der Waals surface area contributed by atoms with E-state index in [1.165, 1.54) is 9.80 Å². The van der Waals surface area contributed by atoms with Crippen molar-refractivity contribution in [2.45, 2.75) is 26.3 Å². The lowest BCUT2D eigenvalue weighted by Crippen LogP contribution is -2.30. The van der Waals surface area contributed by atoms with Gasteiger partial charge in [0.25, 0.3) is 5.91 Å². The standard InChI is InChI=1S/C18H28N4O4/c1-7-8-9-26-18(25)22(6)11-15-14(12-23)13(17(24)21(4)5)10-16(19-15)20(2)3/h10,12H,7-9,11H2,1-6H3. The summed E-state index contributed by atoms with van der Waals surface area (Å²) < 4.78 is 5.17. The minimum atomic E-state index is -0.493. The summed E-state index contributed by atoms with van der Waals surface area (Å²) in [6, 6.07) is 1.58. The average Bonchev–Trinajstić information content (AvgIpc) is 2.60. The minimum absolute atomic E-state index is 0.0639. The summed E-state index contributed by atoms with van der Waals surface area (Å²) in [5.41, 5.74) is 0.792. The molecular weight excluding hydrogens is 336 g/mol. The summed E-state index contributed by atoms with van der Waals surface area (Å²) in [5.74, 6) is 0.232. The fourth-order valence-electron chi connectivity index (χ4n) is 2.20. The molecule has 1 rings (SSSR count). The summed E-state index contributed by atoms with van der Waals surface area (Å²) in [7, 11) is 8.38. The molecule has 0 atom stereocenters. The van der Waals surface area contributed by atoms with E-state index in [0.717, 1.165) is 12.8 Å². The quantitative estimate of drug-likeness (QED) is 0.518. The number of hydrogen-bond donors (Lipinski definition) is 0. The van der Waals surface area contributed by atoms with E-state index >= 15 is 0 Å². The number of carbonyl (C=O) groups excluding carboxylic acids is 3. The van der Waals surface area contributed by atoms with Gasteiger partial charge in [0.2, 0.25) is 0 Å². The van der Waals surface area contributed by atoms with Gasteiger partial charge < -0.3 is 19.4 Å². The molecule has 0 unspecified atom stereocenters. The van der Waals surface area contributed by atoms with Gasteiger partial charge in [0.05, 0.1) is 30.0 Å². The number of rotatable bonds is 8. The van der Waals surface area contributed by atoms with E-state index < -0.39 is 6.09 Å². The molecule has 1 aromatic rings. The highest BCUT2D eigenvalue weighted by Gasteiger charge is 2.22. The maximum Gasteiger partial charge on any atom is 0.409 e. The zero-order valence-electron chi connectivity index (χ0n) is 16.4. The molecule has 1 aromatic heterocycles. The van der Waals surface area contributed by atoms with E-state index in [1.54, 1.807) is 46.2 Å². The van der Waals surface area contributed by atoms with E-state index in [4.69, 9.17) is 4.74 Å². The van der Waals surface area contributed by atoms with Crippen LogP contribution in [0, 0.1) is 0 Å². The maximum absolute atomic E-state index is 12.5. The van der Waals surface area contributed by atoms with Gasteiger partial charge in [-0.15, -0.1) is 0 Å². The molecule has 0 saturated carbocycles. The Morgan fingerprint density at radius 1 is 1.19 bits per heavy atom. The molecule has 0 aromatic carbocycles. The lowest BCUT2D eigenvalue weighted by Gasteiger charge is -2.21. The van der Waals surface area contributed by atoms with Crippen molar-refractivity contribution in [2.24, 2.45) is 0 Å². The summed E-state index contributed by atoms with van der Waals surface area (Å²) in [4.78, 5) is 45.1. The molecule has 26 heavy (non-hydrogen) atoms. The number of hydrogen-bond acceptors (Lipinski definition) is 6. The second kappa shape index (κ2) is 9.74. The lowest BCUT2D eigenvalue weighted by atomic mass is 10.1. The maximum atomic E-state index is 12.5. The number of ether oxygens (including phenoxy) is 1. The largest absolute Gasteiger partial charge is 0.449 e. The number of nitrogens with zero attached hydrogens (tertiary/aromatic N) is 4. The van der Waals surface area contributed by atoms with Gasteiger partial charge in [0.15, 0.2) is 6.29 Å². The van der Waals surface area contributed by atoms with Crippen molar-refractivity contribution < 1.29 is 19.1 Å². The normalized spacial score (nSPS) is 10.2. The van der Waals surface area contributed by atoms with Gasteiger partial charge >= 0.3 is 6.09 Å². The molecule has 1 heterocycles. The topological polar surface area (TPSA) is 83.1 Å². The summed E-state index contributed by atoms with van der Waals surface area (Å²) >= 11 is 0. The van der Waals surface area contributed by atoms with Gasteiger partial charge in [-0.25, -0.2) is 9.78 Å². The Morgan fingerprint density at radius 3 is 2.35 bits per heavy atom. The lowest BCUT2D eigenvalue weighted by molar-refractivity contribution is 0.0823. The number of aldehydes is 1. The Labute approximate surface area is 154 Å². The van der Waals surface area contributed by atoms with Gasteiger partial charge in [0.1, 0.15) is 5.82 Å². The van der Waals surface area contributed by atoms with Crippen molar-refractivity contribution in [3.05, 3.63) is 22.9 Å². The molecule has 0 aliphatic heterocycles. The van der Waals surface area contributed by atoms with Crippen molar-refractivity contribution in [1.82, 2.24) is 14.8 Å². The van der Waals surface area contributed by atoms with Gasteiger partial charge in [0, 0.05) is 35.2 Å². The highest BCUT2D eigenvalue weighted by molar-refractivity contribution is 6.02. The number of aromatic nitrogens is 1. The third kappa shape index (κ3) is 5.44. The van der Waals surface area contributed by atoms with E-state index in [1.807, 2.05) is 6.92 Å². The minimum Gasteiger partial charge on any atom is -0.449 e. The molecule has 8 nitrogen and oxygen atoms in total. The Balaban J connectivity index is 3.21. The fraction of sp³-hybridized carbons (Fsp3) is 0.556. The number of pyridine rings is 1. The zero-order valence-corrected chi connectivity index (χ0v) is 16.4. The van der Waals surface area contributed by atoms with Crippen molar-refractivity contribution in [3.8, 4) is 0 Å². The van der Waals surface area contributed by atoms with E-state index in [2.05, 4.69) is 4.98 Å². The molecule has 0 spiro atoms. The molecule has 2 amide bonds. The van der Waals surface area contributed by atoms with Crippen LogP contribution in [0.25, 0.3) is 0 Å². The molecule has 0 aliphatic carbocycles. The predicted molar refractivity (Wildman–Crippen MR) is 99.7 cm³/mol. The predicted octanol–water partition coefficient (Wildman–Crippen LogP) is 2.03. The number of unbranched alkanes of at least 4 members (excludes halogenated alkanes) is 1. The monoisotopic (exact) mass is 364 g/mol. The first kappa shape index (κ1) is 21.4. The van der Waals surface area contributed by atoms with Crippen LogP contribution >= 0.6 is 0 Å². The fourth-order valence-corrected chi connectivity index (χ4v) is 2.20. The first-order chi connectivity index (χ1) is 12.2. The first-order valence-electron chi connectivity index (χ1n) is 8.48. The average molecular weight is 364 g/mol. The summed E-state index contributed by atoms with van der Waals surface area (Å²) in [6.45, 7) is 2.41. The third-order valence-electron chi connectivity index (χ3n) is 3.76. The summed E-state index contributed by atoms with van der Waals surface area (Å²) in [6.07, 6.45) is 1.83. The highest BCUT2D eigenvalue weighted by Crippen LogP contribution is 2.20. The molecule has 0 bridgehead atoms. The smallest absolute Gasteiger partial charge is 0.409 e.